The quantitative estimate of drug-likeness (QED) is 0.280. The van der Waals surface area contributed by atoms with E-state index in [1.807, 2.05) is 0 Å². The van der Waals surface area contributed by atoms with Crippen molar-refractivity contribution < 1.29 is 9.53 Å². The van der Waals surface area contributed by atoms with Gasteiger partial charge in [0.15, 0.2) is 0 Å². The summed E-state index contributed by atoms with van der Waals surface area (Å²) in [6.07, 6.45) is 0. The van der Waals surface area contributed by atoms with Gasteiger partial charge < -0.3 is 4.74 Å². The van der Waals surface area contributed by atoms with Crippen LogP contribution in [0.15, 0.2) is 5.11 Å². The topological polar surface area (TPSA) is 75.1 Å². The third-order valence-corrected chi connectivity index (χ3v) is 1.62. The average Bonchev–Trinajstić information content (AvgIpc) is 2.04. The molecule has 0 unspecified atom stereocenters. The van der Waals surface area contributed by atoms with Crippen molar-refractivity contribution in [3.05, 3.63) is 10.4 Å². The number of nitrogens with zero attached hydrogens (tertiary/aromatic N) is 3. The molecule has 0 aromatic carbocycles. The van der Waals surface area contributed by atoms with Crippen LogP contribution in [0.25, 0.3) is 10.4 Å². The van der Waals surface area contributed by atoms with Gasteiger partial charge >= 0.3 is 5.97 Å². The summed E-state index contributed by atoms with van der Waals surface area (Å²) in [4.78, 5) is 13.7. The molecule has 0 N–H and O–H groups in total. The molecule has 0 amide bonds. The van der Waals surface area contributed by atoms with E-state index in [0.29, 0.717) is 6.61 Å². The highest BCUT2D eigenvalue weighted by Gasteiger charge is 2.19. The van der Waals surface area contributed by atoms with E-state index in [4.69, 9.17) is 10.3 Å². The molecule has 0 aliphatic heterocycles. The van der Waals surface area contributed by atoms with Gasteiger partial charge in [-0.05, 0) is 12.5 Å². The van der Waals surface area contributed by atoms with E-state index in [2.05, 4.69) is 10.0 Å². The molecule has 0 aromatic rings. The zero-order chi connectivity index (χ0) is 9.56. The highest BCUT2D eigenvalue weighted by molar-refractivity contribution is 5.72. The van der Waals surface area contributed by atoms with E-state index in [1.54, 1.807) is 20.8 Å². The second-order valence-corrected chi connectivity index (χ2v) is 2.49. The fourth-order valence-corrected chi connectivity index (χ4v) is 0.652. The normalized spacial score (nSPS) is 14.2. The lowest BCUT2D eigenvalue weighted by Gasteiger charge is -2.12. The molecule has 5 nitrogen and oxygen atoms in total. The molecular weight excluding hydrogens is 158 g/mol. The summed E-state index contributed by atoms with van der Waals surface area (Å²) < 4.78 is 4.75. The Hall–Kier alpha value is -1.22. The second-order valence-electron chi connectivity index (χ2n) is 2.49. The Balaban J connectivity index is 4.08. The Kier molecular flexibility index (Phi) is 4.88. The first-order chi connectivity index (χ1) is 5.63. The summed E-state index contributed by atoms with van der Waals surface area (Å²) in [7, 11) is 0. The van der Waals surface area contributed by atoms with Crippen molar-refractivity contribution in [2.75, 3.05) is 6.61 Å². The smallest absolute Gasteiger partial charge is 0.309 e. The van der Waals surface area contributed by atoms with Crippen LogP contribution >= 0.6 is 0 Å². The Morgan fingerprint density at radius 2 is 2.25 bits per heavy atom. The van der Waals surface area contributed by atoms with Crippen molar-refractivity contribution in [2.24, 2.45) is 11.0 Å². The van der Waals surface area contributed by atoms with Crippen molar-refractivity contribution >= 4 is 5.97 Å². The highest BCUT2D eigenvalue weighted by atomic mass is 16.5. The van der Waals surface area contributed by atoms with Crippen molar-refractivity contribution in [3.8, 4) is 0 Å². The monoisotopic (exact) mass is 171 g/mol. The van der Waals surface area contributed by atoms with Gasteiger partial charge in [0.05, 0.1) is 12.5 Å². The number of rotatable bonds is 4. The van der Waals surface area contributed by atoms with Gasteiger partial charge in [-0.15, -0.1) is 0 Å². The zero-order valence-corrected chi connectivity index (χ0v) is 7.52. The largest absolute Gasteiger partial charge is 0.466 e. The Morgan fingerprint density at radius 1 is 1.67 bits per heavy atom. The van der Waals surface area contributed by atoms with Gasteiger partial charge in [-0.25, -0.2) is 0 Å². The third-order valence-electron chi connectivity index (χ3n) is 1.62. The average molecular weight is 171 g/mol. The number of hydrogen-bond donors (Lipinski definition) is 0. The van der Waals surface area contributed by atoms with Crippen LogP contribution < -0.4 is 0 Å². The van der Waals surface area contributed by atoms with Crippen molar-refractivity contribution in [3.63, 3.8) is 0 Å². The molecular formula is C7H13N3O2. The van der Waals surface area contributed by atoms with Gasteiger partial charge in [0.25, 0.3) is 0 Å². The van der Waals surface area contributed by atoms with E-state index in [1.165, 1.54) is 0 Å². The van der Waals surface area contributed by atoms with Crippen LogP contribution in [-0.2, 0) is 9.53 Å². The van der Waals surface area contributed by atoms with Crippen LogP contribution in [0, 0.1) is 5.92 Å². The third kappa shape index (κ3) is 3.25. The number of esters is 1. The predicted octanol–water partition coefficient (Wildman–Crippen LogP) is 1.88. The fraction of sp³-hybridized carbons (Fsp3) is 0.857. The molecule has 0 saturated heterocycles. The molecule has 0 bridgehead atoms. The van der Waals surface area contributed by atoms with Gasteiger partial charge in [0.1, 0.15) is 0 Å². The van der Waals surface area contributed by atoms with E-state index in [0.717, 1.165) is 0 Å². The number of hydrogen-bond acceptors (Lipinski definition) is 3. The van der Waals surface area contributed by atoms with Gasteiger partial charge in [-0.2, -0.15) is 0 Å². The summed E-state index contributed by atoms with van der Waals surface area (Å²) in [5, 5.41) is 3.41. The molecule has 12 heavy (non-hydrogen) atoms. The van der Waals surface area contributed by atoms with Crippen molar-refractivity contribution in [2.45, 2.75) is 26.8 Å². The summed E-state index contributed by atoms with van der Waals surface area (Å²) in [6.45, 7) is 5.45. The van der Waals surface area contributed by atoms with Gasteiger partial charge in [-0.1, -0.05) is 19.0 Å². The fourth-order valence-electron chi connectivity index (χ4n) is 0.652. The Labute approximate surface area is 71.3 Å². The molecule has 0 radical (unpaired) electrons. The molecule has 0 heterocycles. The summed E-state index contributed by atoms with van der Waals surface area (Å²) in [5.41, 5.74) is 8.10. The zero-order valence-electron chi connectivity index (χ0n) is 7.52. The van der Waals surface area contributed by atoms with Crippen LogP contribution in [-0.4, -0.2) is 18.6 Å². The molecule has 0 rings (SSSR count). The lowest BCUT2D eigenvalue weighted by atomic mass is 10.1. The standard InChI is InChI=1S/C7H13N3O2/c1-4-12-7(11)5(2)6(3)9-10-8/h5-6H,4H2,1-3H3/t5-,6-/m1/s1. The van der Waals surface area contributed by atoms with Crippen LogP contribution in [0.5, 0.6) is 0 Å². The number of carbonyl (C=O) groups is 1. The lowest BCUT2D eigenvalue weighted by molar-refractivity contribution is -0.147. The SMILES string of the molecule is CCOC(=O)[C@H](C)[C@@H](C)N=[N+]=[N-]. The number of carbonyl (C=O) groups excluding carboxylic acids is 1. The molecule has 68 valence electrons. The number of ether oxygens (including phenoxy) is 1. The predicted molar refractivity (Wildman–Crippen MR) is 44.4 cm³/mol. The van der Waals surface area contributed by atoms with E-state index >= 15 is 0 Å². The minimum atomic E-state index is -0.374. The van der Waals surface area contributed by atoms with Crippen LogP contribution in [0.2, 0.25) is 0 Å². The summed E-state index contributed by atoms with van der Waals surface area (Å²) in [6, 6.07) is -0.353. The maximum atomic E-state index is 11.1. The van der Waals surface area contributed by atoms with Crippen LogP contribution in [0.3, 0.4) is 0 Å². The highest BCUT2D eigenvalue weighted by Crippen LogP contribution is 2.08. The molecule has 0 aliphatic carbocycles. The van der Waals surface area contributed by atoms with Crippen molar-refractivity contribution in [1.29, 1.82) is 0 Å². The minimum Gasteiger partial charge on any atom is -0.466 e. The Bertz CT molecular complexity index is 199. The first-order valence-corrected chi connectivity index (χ1v) is 3.84. The molecule has 2 atom stereocenters. The van der Waals surface area contributed by atoms with E-state index in [9.17, 15) is 4.79 Å². The van der Waals surface area contributed by atoms with Crippen LogP contribution in [0.1, 0.15) is 20.8 Å². The second kappa shape index (κ2) is 5.43. The number of azide groups is 1. The first kappa shape index (κ1) is 10.8. The molecule has 0 saturated carbocycles. The van der Waals surface area contributed by atoms with E-state index < -0.39 is 0 Å². The summed E-state index contributed by atoms with van der Waals surface area (Å²) in [5.74, 6) is -0.696. The maximum Gasteiger partial charge on any atom is 0.309 e. The van der Waals surface area contributed by atoms with E-state index in [-0.39, 0.29) is 17.9 Å². The molecule has 0 aromatic heterocycles. The van der Waals surface area contributed by atoms with Crippen molar-refractivity contribution in [1.82, 2.24) is 0 Å². The lowest BCUT2D eigenvalue weighted by Crippen LogP contribution is -2.23. The maximum absolute atomic E-state index is 11.1. The molecule has 0 aliphatic rings. The van der Waals surface area contributed by atoms with Crippen LogP contribution in [0.4, 0.5) is 0 Å². The first-order valence-electron chi connectivity index (χ1n) is 3.84. The summed E-state index contributed by atoms with van der Waals surface area (Å²) >= 11 is 0. The molecule has 5 heteroatoms. The van der Waals surface area contributed by atoms with Gasteiger partial charge in [0.2, 0.25) is 0 Å². The van der Waals surface area contributed by atoms with Gasteiger partial charge in [0, 0.05) is 11.0 Å². The Morgan fingerprint density at radius 3 is 2.67 bits per heavy atom. The molecule has 0 spiro atoms. The minimum absolute atomic E-state index is 0.322. The van der Waals surface area contributed by atoms with Gasteiger partial charge in [-0.3, -0.25) is 4.79 Å². The molecule has 0 fully saturated rings.